The zero-order valence-corrected chi connectivity index (χ0v) is 11.4. The molecule has 2 heterocycles. The van der Waals surface area contributed by atoms with Crippen LogP contribution in [0, 0.1) is 13.8 Å². The Bertz CT molecular complexity index is 548. The molecule has 2 aromatic heterocycles. The average molecular weight is 266 g/mol. The average Bonchev–Trinajstić information content (AvgIpc) is 2.57. The highest BCUT2D eigenvalue weighted by atomic mass is 35.5. The number of halogens is 1. The van der Waals surface area contributed by atoms with Gasteiger partial charge in [0.25, 0.3) is 0 Å². The highest BCUT2D eigenvalue weighted by molar-refractivity contribution is 6.31. The van der Waals surface area contributed by atoms with Crippen molar-refractivity contribution in [3.8, 4) is 0 Å². The van der Waals surface area contributed by atoms with Crippen molar-refractivity contribution in [3.05, 3.63) is 46.0 Å². The number of hydrogen-bond donors (Lipinski definition) is 1. The third kappa shape index (κ3) is 2.54. The Morgan fingerprint density at radius 1 is 1.39 bits per heavy atom. The molecule has 0 saturated carbocycles. The molecule has 2 rings (SSSR count). The first-order valence-corrected chi connectivity index (χ1v) is 6.15. The molecule has 1 atom stereocenters. The van der Waals surface area contributed by atoms with Crippen molar-refractivity contribution in [1.29, 1.82) is 0 Å². The molecule has 0 aliphatic heterocycles. The van der Waals surface area contributed by atoms with Crippen LogP contribution in [0.5, 0.6) is 0 Å². The maximum Gasteiger partial charge on any atom is 0.0860 e. The van der Waals surface area contributed by atoms with E-state index in [0.29, 0.717) is 11.4 Å². The van der Waals surface area contributed by atoms with Crippen molar-refractivity contribution in [3.63, 3.8) is 0 Å². The molecule has 0 saturated heterocycles. The first-order chi connectivity index (χ1) is 8.49. The summed E-state index contributed by atoms with van der Waals surface area (Å²) in [6.45, 7) is 3.77. The molecule has 0 bridgehead atoms. The van der Waals surface area contributed by atoms with Gasteiger partial charge in [0, 0.05) is 25.4 Å². The van der Waals surface area contributed by atoms with Gasteiger partial charge < -0.3 is 5.11 Å². The maximum absolute atomic E-state index is 10.2. The van der Waals surface area contributed by atoms with Gasteiger partial charge in [-0.05, 0) is 25.5 Å². The summed E-state index contributed by atoms with van der Waals surface area (Å²) >= 11 is 6.16. The molecule has 2 aromatic rings. The summed E-state index contributed by atoms with van der Waals surface area (Å²) < 4.78 is 1.71. The fourth-order valence-electron chi connectivity index (χ4n) is 1.88. The van der Waals surface area contributed by atoms with Crippen LogP contribution in [0.1, 0.15) is 28.7 Å². The van der Waals surface area contributed by atoms with Gasteiger partial charge in [-0.25, -0.2) is 0 Å². The van der Waals surface area contributed by atoms with Gasteiger partial charge in [0.15, 0.2) is 0 Å². The Balaban J connectivity index is 2.21. The van der Waals surface area contributed by atoms with Crippen molar-refractivity contribution in [2.75, 3.05) is 0 Å². The van der Waals surface area contributed by atoms with Crippen molar-refractivity contribution in [2.24, 2.45) is 7.05 Å². The molecule has 0 aliphatic carbocycles. The third-order valence-corrected chi connectivity index (χ3v) is 3.46. The fraction of sp³-hybridized carbons (Fsp3) is 0.385. The molecule has 18 heavy (non-hydrogen) atoms. The van der Waals surface area contributed by atoms with Crippen LogP contribution in [0.15, 0.2) is 18.3 Å². The van der Waals surface area contributed by atoms with Crippen molar-refractivity contribution >= 4 is 11.6 Å². The van der Waals surface area contributed by atoms with E-state index in [1.165, 1.54) is 0 Å². The third-order valence-electron chi connectivity index (χ3n) is 2.97. The number of aliphatic hydroxyl groups is 1. The number of pyridine rings is 1. The predicted octanol–water partition coefficient (Wildman–Crippen LogP) is 2.36. The monoisotopic (exact) mass is 265 g/mol. The molecule has 96 valence electrons. The van der Waals surface area contributed by atoms with Crippen LogP contribution < -0.4 is 0 Å². The number of aryl methyl sites for hydroxylation is 3. The van der Waals surface area contributed by atoms with Gasteiger partial charge in [-0.15, -0.1) is 0 Å². The summed E-state index contributed by atoms with van der Waals surface area (Å²) in [4.78, 5) is 4.18. The molecular weight excluding hydrogens is 250 g/mol. The Hall–Kier alpha value is -1.39. The summed E-state index contributed by atoms with van der Waals surface area (Å²) in [7, 11) is 1.83. The SMILES string of the molecule is Cc1ccc(C(O)Cc2c(Cl)c(C)nn2C)cn1. The molecule has 5 heteroatoms. The Kier molecular flexibility index (Phi) is 3.68. The second-order valence-corrected chi connectivity index (χ2v) is 4.80. The molecule has 1 N–H and O–H groups in total. The predicted molar refractivity (Wildman–Crippen MR) is 70.6 cm³/mol. The summed E-state index contributed by atoms with van der Waals surface area (Å²) in [6.07, 6.45) is 1.50. The molecule has 0 fully saturated rings. The number of nitrogens with zero attached hydrogens (tertiary/aromatic N) is 3. The molecule has 4 nitrogen and oxygen atoms in total. The summed E-state index contributed by atoms with van der Waals surface area (Å²) in [5.74, 6) is 0. The van der Waals surface area contributed by atoms with Crippen molar-refractivity contribution in [2.45, 2.75) is 26.4 Å². The largest absolute Gasteiger partial charge is 0.388 e. The molecule has 1 unspecified atom stereocenters. The highest BCUT2D eigenvalue weighted by Gasteiger charge is 2.16. The second kappa shape index (κ2) is 5.08. The van der Waals surface area contributed by atoms with Crippen molar-refractivity contribution < 1.29 is 5.11 Å². The van der Waals surface area contributed by atoms with Crippen LogP contribution in [0.4, 0.5) is 0 Å². The van der Waals surface area contributed by atoms with Gasteiger partial charge in [0.05, 0.1) is 22.5 Å². The van der Waals surface area contributed by atoms with Crippen LogP contribution in [0.3, 0.4) is 0 Å². The van der Waals surface area contributed by atoms with E-state index in [1.807, 2.05) is 33.0 Å². The van der Waals surface area contributed by atoms with Gasteiger partial charge in [-0.2, -0.15) is 5.10 Å². The standard InChI is InChI=1S/C13H16ClN3O/c1-8-4-5-10(7-15-8)12(18)6-11-13(14)9(2)16-17(11)3/h4-5,7,12,18H,6H2,1-3H3. The summed E-state index contributed by atoms with van der Waals surface area (Å²) in [6, 6.07) is 3.76. The molecule has 0 aliphatic rings. The second-order valence-electron chi connectivity index (χ2n) is 4.42. The molecule has 0 amide bonds. The van der Waals surface area contributed by atoms with E-state index in [9.17, 15) is 5.11 Å². The lowest BCUT2D eigenvalue weighted by atomic mass is 10.1. The zero-order valence-electron chi connectivity index (χ0n) is 10.7. The van der Waals surface area contributed by atoms with Gasteiger partial charge in [-0.1, -0.05) is 17.7 Å². The lowest BCUT2D eigenvalue weighted by Crippen LogP contribution is -2.07. The number of aliphatic hydroxyl groups excluding tert-OH is 1. The fourth-order valence-corrected chi connectivity index (χ4v) is 2.12. The first-order valence-electron chi connectivity index (χ1n) is 5.77. The van der Waals surface area contributed by atoms with Gasteiger partial charge in [-0.3, -0.25) is 9.67 Å². The molecular formula is C13H16ClN3O. The number of aromatic nitrogens is 3. The normalized spacial score (nSPS) is 12.7. The Morgan fingerprint density at radius 2 is 2.11 bits per heavy atom. The molecule has 0 spiro atoms. The van der Waals surface area contributed by atoms with Crippen LogP contribution >= 0.6 is 11.6 Å². The molecule has 0 radical (unpaired) electrons. The van der Waals surface area contributed by atoms with E-state index >= 15 is 0 Å². The number of rotatable bonds is 3. The highest BCUT2D eigenvalue weighted by Crippen LogP contribution is 2.25. The number of hydrogen-bond acceptors (Lipinski definition) is 3. The maximum atomic E-state index is 10.2. The Morgan fingerprint density at radius 3 is 2.61 bits per heavy atom. The van der Waals surface area contributed by atoms with Crippen LogP contribution in [0.2, 0.25) is 5.02 Å². The van der Waals surface area contributed by atoms with E-state index in [-0.39, 0.29) is 0 Å². The lowest BCUT2D eigenvalue weighted by Gasteiger charge is -2.11. The van der Waals surface area contributed by atoms with E-state index in [0.717, 1.165) is 22.6 Å². The topological polar surface area (TPSA) is 50.9 Å². The van der Waals surface area contributed by atoms with E-state index in [1.54, 1.807) is 10.9 Å². The first kappa shape index (κ1) is 13.1. The van der Waals surface area contributed by atoms with Crippen LogP contribution in [-0.2, 0) is 13.5 Å². The van der Waals surface area contributed by atoms with Gasteiger partial charge in [0.1, 0.15) is 0 Å². The summed E-state index contributed by atoms with van der Waals surface area (Å²) in [5, 5.41) is 15.0. The summed E-state index contributed by atoms with van der Waals surface area (Å²) in [5.41, 5.74) is 3.33. The van der Waals surface area contributed by atoms with E-state index in [4.69, 9.17) is 11.6 Å². The van der Waals surface area contributed by atoms with Crippen molar-refractivity contribution in [1.82, 2.24) is 14.8 Å². The lowest BCUT2D eigenvalue weighted by molar-refractivity contribution is 0.175. The quantitative estimate of drug-likeness (QED) is 0.927. The van der Waals surface area contributed by atoms with Gasteiger partial charge in [0.2, 0.25) is 0 Å². The van der Waals surface area contributed by atoms with E-state index < -0.39 is 6.10 Å². The minimum absolute atomic E-state index is 0.431. The van der Waals surface area contributed by atoms with E-state index in [2.05, 4.69) is 10.1 Å². The minimum Gasteiger partial charge on any atom is -0.388 e. The molecule has 0 aromatic carbocycles. The van der Waals surface area contributed by atoms with Crippen LogP contribution in [-0.4, -0.2) is 19.9 Å². The Labute approximate surface area is 111 Å². The smallest absolute Gasteiger partial charge is 0.0860 e. The zero-order chi connectivity index (χ0) is 13.3. The van der Waals surface area contributed by atoms with Crippen LogP contribution in [0.25, 0.3) is 0 Å². The van der Waals surface area contributed by atoms with Gasteiger partial charge >= 0.3 is 0 Å². The minimum atomic E-state index is -0.620.